The first-order chi connectivity index (χ1) is 5.69. The van der Waals surface area contributed by atoms with Gasteiger partial charge in [-0.1, -0.05) is 58.0 Å². The fourth-order valence-corrected chi connectivity index (χ4v) is 2.08. The number of alkyl halides is 5. The van der Waals surface area contributed by atoms with E-state index in [1.807, 2.05) is 0 Å². The molecule has 0 aromatic heterocycles. The Bertz CT molecular complexity index is 186. The van der Waals surface area contributed by atoms with E-state index < -0.39 is 14.1 Å². The minimum absolute atomic E-state index is 0.167. The topological polar surface area (TPSA) is 26.3 Å². The van der Waals surface area contributed by atoms with E-state index in [4.69, 9.17) is 58.0 Å². The van der Waals surface area contributed by atoms with E-state index in [1.165, 1.54) is 0 Å². The summed E-state index contributed by atoms with van der Waals surface area (Å²) in [5, 5.41) is 0. The smallest absolute Gasteiger partial charge is 0.342 e. The van der Waals surface area contributed by atoms with Gasteiger partial charge in [0.2, 0.25) is 4.33 Å². The molecule has 0 N–H and O–H groups in total. The predicted molar refractivity (Wildman–Crippen MR) is 56.0 cm³/mol. The Morgan fingerprint density at radius 1 is 1.23 bits per heavy atom. The van der Waals surface area contributed by atoms with E-state index in [9.17, 15) is 4.79 Å². The molecule has 0 spiro atoms. The Morgan fingerprint density at radius 3 is 2.00 bits per heavy atom. The van der Waals surface area contributed by atoms with Gasteiger partial charge in [0, 0.05) is 6.42 Å². The summed E-state index contributed by atoms with van der Waals surface area (Å²) in [6.07, 6.45) is -0.327. The van der Waals surface area contributed by atoms with Crippen molar-refractivity contribution in [1.82, 2.24) is 0 Å². The van der Waals surface area contributed by atoms with Crippen LogP contribution in [0.1, 0.15) is 13.3 Å². The molecule has 0 saturated heterocycles. The number of rotatable bonds is 3. The zero-order valence-corrected chi connectivity index (χ0v) is 10.4. The molecule has 0 aliphatic heterocycles. The lowest BCUT2D eigenvalue weighted by Gasteiger charge is -2.21. The third-order valence-corrected chi connectivity index (χ3v) is 1.97. The van der Waals surface area contributed by atoms with E-state index in [2.05, 4.69) is 4.74 Å². The van der Waals surface area contributed by atoms with Gasteiger partial charge in [-0.15, -0.1) is 0 Å². The van der Waals surface area contributed by atoms with Crippen LogP contribution in [-0.2, 0) is 9.53 Å². The number of hydrogen-bond donors (Lipinski definition) is 0. The normalized spacial score (nSPS) is 12.8. The maximum absolute atomic E-state index is 11.1. The van der Waals surface area contributed by atoms with Crippen LogP contribution in [0, 0.1) is 0 Å². The van der Waals surface area contributed by atoms with E-state index in [1.54, 1.807) is 6.92 Å². The molecule has 0 amide bonds. The van der Waals surface area contributed by atoms with Crippen LogP contribution in [0.4, 0.5) is 0 Å². The molecule has 0 radical (unpaired) electrons. The lowest BCUT2D eigenvalue weighted by Crippen LogP contribution is -2.32. The van der Waals surface area contributed by atoms with Gasteiger partial charge < -0.3 is 4.74 Å². The first-order valence-corrected chi connectivity index (χ1v) is 5.20. The summed E-state index contributed by atoms with van der Waals surface area (Å²) in [6, 6.07) is 0. The molecule has 0 heterocycles. The van der Waals surface area contributed by atoms with Gasteiger partial charge in [0.1, 0.15) is 0 Å². The van der Waals surface area contributed by atoms with Crippen molar-refractivity contribution >= 4 is 64.0 Å². The summed E-state index contributed by atoms with van der Waals surface area (Å²) in [6.45, 7) is 1.79. The van der Waals surface area contributed by atoms with Gasteiger partial charge >= 0.3 is 5.97 Å². The highest BCUT2D eigenvalue weighted by molar-refractivity contribution is 6.69. The van der Waals surface area contributed by atoms with Crippen molar-refractivity contribution in [3.63, 3.8) is 0 Å². The van der Waals surface area contributed by atoms with Crippen LogP contribution in [0.5, 0.6) is 0 Å². The molecule has 0 fully saturated rings. The largest absolute Gasteiger partial charge is 0.464 e. The number of ether oxygens (including phenoxy) is 1. The van der Waals surface area contributed by atoms with Gasteiger partial charge in [-0.2, -0.15) is 0 Å². The lowest BCUT2D eigenvalue weighted by molar-refractivity contribution is -0.144. The second-order valence-corrected chi connectivity index (χ2v) is 6.22. The Morgan fingerprint density at radius 2 is 1.69 bits per heavy atom. The van der Waals surface area contributed by atoms with Crippen LogP contribution >= 0.6 is 58.0 Å². The quantitative estimate of drug-likeness (QED) is 0.587. The van der Waals surface area contributed by atoms with Crippen molar-refractivity contribution in [3.05, 3.63) is 0 Å². The number of esters is 1. The summed E-state index contributed by atoms with van der Waals surface area (Å²) in [7, 11) is 0. The van der Waals surface area contributed by atoms with Crippen molar-refractivity contribution in [2.24, 2.45) is 0 Å². The third-order valence-electron chi connectivity index (χ3n) is 0.997. The van der Waals surface area contributed by atoms with E-state index >= 15 is 0 Å². The Hall–Kier alpha value is 0.920. The molecule has 0 aromatic rings. The second-order valence-electron chi connectivity index (χ2n) is 2.22. The highest BCUT2D eigenvalue weighted by atomic mass is 35.6. The van der Waals surface area contributed by atoms with Crippen LogP contribution in [0.2, 0.25) is 0 Å². The summed E-state index contributed by atoms with van der Waals surface area (Å²) < 4.78 is 1.07. The molecule has 0 rings (SSSR count). The molecule has 0 aromatic carbocycles. The molecule has 0 aliphatic carbocycles. The SMILES string of the molecule is CCOC(=O)C(Cl)(Cl)CC(Cl)(Cl)Cl. The fraction of sp³-hybridized carbons (Fsp3) is 0.833. The third kappa shape index (κ3) is 6.08. The molecule has 0 unspecified atom stereocenters. The van der Waals surface area contributed by atoms with Gasteiger partial charge in [-0.25, -0.2) is 4.79 Å². The van der Waals surface area contributed by atoms with Gasteiger partial charge in [0.25, 0.3) is 0 Å². The Balaban J connectivity index is 4.30. The van der Waals surface area contributed by atoms with Crippen LogP contribution < -0.4 is 0 Å². The molecule has 2 nitrogen and oxygen atoms in total. The van der Waals surface area contributed by atoms with Gasteiger partial charge in [-0.3, -0.25) is 0 Å². The Labute approximate surface area is 101 Å². The average molecular weight is 288 g/mol. The standard InChI is InChI=1S/C6H7Cl5O2/c1-2-13-4(12)5(7,8)3-6(9,10)11/h2-3H2,1H3. The maximum atomic E-state index is 11.1. The molecular formula is C6H7Cl5O2. The van der Waals surface area contributed by atoms with E-state index in [0.717, 1.165) is 0 Å². The monoisotopic (exact) mass is 286 g/mol. The van der Waals surface area contributed by atoms with Crippen LogP contribution in [0.25, 0.3) is 0 Å². The zero-order valence-electron chi connectivity index (χ0n) is 6.62. The first kappa shape index (κ1) is 13.9. The average Bonchev–Trinajstić information content (AvgIpc) is 1.82. The van der Waals surface area contributed by atoms with Crippen molar-refractivity contribution < 1.29 is 9.53 Å². The molecule has 78 valence electrons. The van der Waals surface area contributed by atoms with Gasteiger partial charge in [0.05, 0.1) is 6.61 Å². The molecule has 0 atom stereocenters. The molecule has 0 bridgehead atoms. The summed E-state index contributed by atoms with van der Waals surface area (Å²) >= 11 is 27.4. The second kappa shape index (κ2) is 5.13. The van der Waals surface area contributed by atoms with Crippen molar-refractivity contribution in [1.29, 1.82) is 0 Å². The minimum atomic E-state index is -1.82. The molecule has 13 heavy (non-hydrogen) atoms. The van der Waals surface area contributed by atoms with Gasteiger partial charge in [0.15, 0.2) is 3.79 Å². The van der Waals surface area contributed by atoms with Crippen LogP contribution in [0.3, 0.4) is 0 Å². The summed E-state index contributed by atoms with van der Waals surface area (Å²) in [5.41, 5.74) is 0. The number of carbonyl (C=O) groups is 1. The zero-order chi connectivity index (χ0) is 10.7. The number of carbonyl (C=O) groups excluding carboxylic acids is 1. The van der Waals surface area contributed by atoms with Crippen LogP contribution in [-0.4, -0.2) is 20.7 Å². The molecular weight excluding hydrogens is 281 g/mol. The van der Waals surface area contributed by atoms with Gasteiger partial charge in [-0.05, 0) is 6.92 Å². The molecule has 7 heteroatoms. The summed E-state index contributed by atoms with van der Waals surface area (Å²) in [5.74, 6) is -0.815. The van der Waals surface area contributed by atoms with E-state index in [0.29, 0.717) is 0 Å². The maximum Gasteiger partial charge on any atom is 0.342 e. The van der Waals surface area contributed by atoms with E-state index in [-0.39, 0.29) is 13.0 Å². The predicted octanol–water partition coefficient (Wildman–Crippen LogP) is 3.48. The summed E-state index contributed by atoms with van der Waals surface area (Å²) in [4.78, 5) is 11.1. The fourth-order valence-electron chi connectivity index (χ4n) is 0.561. The highest BCUT2D eigenvalue weighted by Gasteiger charge is 2.42. The Kier molecular flexibility index (Phi) is 5.49. The number of halogens is 5. The first-order valence-electron chi connectivity index (χ1n) is 3.31. The number of hydrogen-bond acceptors (Lipinski definition) is 2. The van der Waals surface area contributed by atoms with Crippen molar-refractivity contribution in [3.8, 4) is 0 Å². The highest BCUT2D eigenvalue weighted by Crippen LogP contribution is 2.41. The lowest BCUT2D eigenvalue weighted by atomic mass is 10.3. The minimum Gasteiger partial charge on any atom is -0.464 e. The van der Waals surface area contributed by atoms with Crippen molar-refractivity contribution in [2.45, 2.75) is 21.5 Å². The van der Waals surface area contributed by atoms with Crippen molar-refractivity contribution in [2.75, 3.05) is 6.61 Å². The van der Waals surface area contributed by atoms with Crippen LogP contribution in [0.15, 0.2) is 0 Å². The molecule has 0 saturated carbocycles. The molecule has 0 aliphatic rings.